The normalized spacial score (nSPS) is 10.0. The third-order valence-corrected chi connectivity index (χ3v) is 2.43. The molecule has 0 amide bonds. The fourth-order valence-corrected chi connectivity index (χ4v) is 1.20. The third-order valence-electron chi connectivity index (χ3n) is 2.43. The van der Waals surface area contributed by atoms with Crippen molar-refractivity contribution in [1.82, 2.24) is 0 Å². The minimum Gasteiger partial charge on any atom is -0.460 e. The highest BCUT2D eigenvalue weighted by atomic mass is 16.5. The van der Waals surface area contributed by atoms with Gasteiger partial charge in [0.25, 0.3) is 0 Å². The molecule has 120 valence electrons. The molecule has 0 saturated heterocycles. The van der Waals surface area contributed by atoms with E-state index in [1.165, 1.54) is 0 Å². The maximum Gasteiger partial charge on any atom is 0.374 e. The highest BCUT2D eigenvalue weighted by Gasteiger charge is 2.12. The van der Waals surface area contributed by atoms with Crippen molar-refractivity contribution in [3.05, 3.63) is 0 Å². The maximum atomic E-state index is 11.0. The number of Topliss-reactive ketones (excluding diaryl/α,β-unsaturated/α-hetero) is 2. The number of ether oxygens (including phenoxy) is 3. The predicted octanol–water partition coefficient (Wildman–Crippen LogP) is 0.828. The van der Waals surface area contributed by atoms with Gasteiger partial charge in [0.2, 0.25) is 11.6 Å². The van der Waals surface area contributed by atoms with E-state index in [1.807, 2.05) is 0 Å². The standard InChI is InChI=1S/C14H22O7/c1-3-11(15)13(17)20-9-5-7-19-8-6-10-21-14(18)12(16)4-2/h3-10H2,1-2H3. The lowest BCUT2D eigenvalue weighted by Crippen LogP contribution is -2.18. The summed E-state index contributed by atoms with van der Waals surface area (Å²) in [6.45, 7) is 4.18. The Labute approximate surface area is 123 Å². The second-order valence-electron chi connectivity index (χ2n) is 4.14. The lowest BCUT2D eigenvalue weighted by molar-refractivity contribution is -0.154. The SMILES string of the molecule is CCC(=O)C(=O)OCCCOCCCOC(=O)C(=O)CC. The van der Waals surface area contributed by atoms with Gasteiger partial charge in [0.1, 0.15) is 0 Å². The van der Waals surface area contributed by atoms with Crippen LogP contribution in [0.3, 0.4) is 0 Å². The van der Waals surface area contributed by atoms with E-state index in [4.69, 9.17) is 14.2 Å². The molecule has 0 radical (unpaired) electrons. The monoisotopic (exact) mass is 302 g/mol. The summed E-state index contributed by atoms with van der Waals surface area (Å²) in [5.41, 5.74) is 0. The molecule has 0 aromatic heterocycles. The molecule has 0 bridgehead atoms. The Morgan fingerprint density at radius 1 is 0.667 bits per heavy atom. The number of hydrogen-bond acceptors (Lipinski definition) is 7. The molecule has 0 unspecified atom stereocenters. The van der Waals surface area contributed by atoms with E-state index in [9.17, 15) is 19.2 Å². The molecule has 21 heavy (non-hydrogen) atoms. The van der Waals surface area contributed by atoms with E-state index in [1.54, 1.807) is 13.8 Å². The van der Waals surface area contributed by atoms with Crippen molar-refractivity contribution in [2.45, 2.75) is 39.5 Å². The summed E-state index contributed by atoms with van der Waals surface area (Å²) in [6, 6.07) is 0. The number of ketones is 2. The summed E-state index contributed by atoms with van der Waals surface area (Å²) in [7, 11) is 0. The van der Waals surface area contributed by atoms with Crippen LogP contribution in [-0.2, 0) is 33.4 Å². The van der Waals surface area contributed by atoms with Gasteiger partial charge in [0, 0.05) is 38.9 Å². The van der Waals surface area contributed by atoms with E-state index in [2.05, 4.69) is 0 Å². The Hall–Kier alpha value is -1.76. The van der Waals surface area contributed by atoms with Gasteiger partial charge in [-0.15, -0.1) is 0 Å². The second-order valence-corrected chi connectivity index (χ2v) is 4.14. The Morgan fingerprint density at radius 3 is 1.38 bits per heavy atom. The maximum absolute atomic E-state index is 11.0. The van der Waals surface area contributed by atoms with Crippen molar-refractivity contribution in [3.8, 4) is 0 Å². The van der Waals surface area contributed by atoms with Gasteiger partial charge < -0.3 is 14.2 Å². The van der Waals surface area contributed by atoms with Crippen molar-refractivity contribution in [2.24, 2.45) is 0 Å². The van der Waals surface area contributed by atoms with Gasteiger partial charge >= 0.3 is 11.9 Å². The average molecular weight is 302 g/mol. The Morgan fingerprint density at radius 2 is 1.05 bits per heavy atom. The molecule has 7 heteroatoms. The molecule has 0 spiro atoms. The van der Waals surface area contributed by atoms with Crippen LogP contribution in [0.4, 0.5) is 0 Å². The zero-order valence-corrected chi connectivity index (χ0v) is 12.5. The Balaban J connectivity index is 3.38. The fourth-order valence-electron chi connectivity index (χ4n) is 1.20. The molecule has 0 saturated carbocycles. The molecule has 0 aromatic carbocycles. The molecular formula is C14H22O7. The minimum absolute atomic E-state index is 0.130. The molecule has 0 heterocycles. The summed E-state index contributed by atoms with van der Waals surface area (Å²) in [5, 5.41) is 0. The Bertz CT molecular complexity index is 328. The van der Waals surface area contributed by atoms with Crippen LogP contribution >= 0.6 is 0 Å². The first-order chi connectivity index (χ1) is 10.0. The van der Waals surface area contributed by atoms with Crippen molar-refractivity contribution in [3.63, 3.8) is 0 Å². The van der Waals surface area contributed by atoms with Crippen LogP contribution in [0.25, 0.3) is 0 Å². The van der Waals surface area contributed by atoms with Gasteiger partial charge in [-0.3, -0.25) is 9.59 Å². The summed E-state index contributed by atoms with van der Waals surface area (Å²) in [4.78, 5) is 43.8. The fraction of sp³-hybridized carbons (Fsp3) is 0.714. The van der Waals surface area contributed by atoms with Crippen LogP contribution in [-0.4, -0.2) is 49.9 Å². The topological polar surface area (TPSA) is 96.0 Å². The third kappa shape index (κ3) is 9.73. The van der Waals surface area contributed by atoms with Crippen molar-refractivity contribution < 1.29 is 33.4 Å². The van der Waals surface area contributed by atoms with Gasteiger partial charge in [-0.25, -0.2) is 9.59 Å². The van der Waals surface area contributed by atoms with E-state index in [0.717, 1.165) is 0 Å². The van der Waals surface area contributed by atoms with E-state index in [-0.39, 0.29) is 26.1 Å². The Kier molecular flexibility index (Phi) is 11.0. The lowest BCUT2D eigenvalue weighted by atomic mass is 10.3. The van der Waals surface area contributed by atoms with Crippen LogP contribution in [0.2, 0.25) is 0 Å². The number of hydrogen-bond donors (Lipinski definition) is 0. The highest BCUT2D eigenvalue weighted by Crippen LogP contribution is 1.93. The summed E-state index contributed by atoms with van der Waals surface area (Å²) < 4.78 is 14.7. The zero-order valence-electron chi connectivity index (χ0n) is 12.5. The van der Waals surface area contributed by atoms with Gasteiger partial charge in [-0.1, -0.05) is 13.8 Å². The molecule has 0 N–H and O–H groups in total. The van der Waals surface area contributed by atoms with Gasteiger partial charge in [-0.05, 0) is 0 Å². The van der Waals surface area contributed by atoms with Crippen molar-refractivity contribution in [1.29, 1.82) is 0 Å². The molecule has 0 aliphatic rings. The lowest BCUT2D eigenvalue weighted by Gasteiger charge is -2.06. The molecule has 0 rings (SSSR count). The zero-order chi connectivity index (χ0) is 16.1. The highest BCUT2D eigenvalue weighted by molar-refractivity contribution is 6.33. The summed E-state index contributed by atoms with van der Waals surface area (Å²) >= 11 is 0. The van der Waals surface area contributed by atoms with E-state index >= 15 is 0 Å². The predicted molar refractivity (Wildman–Crippen MR) is 72.6 cm³/mol. The first-order valence-corrected chi connectivity index (χ1v) is 7.00. The van der Waals surface area contributed by atoms with Gasteiger partial charge in [0.05, 0.1) is 13.2 Å². The first-order valence-electron chi connectivity index (χ1n) is 7.00. The summed E-state index contributed by atoms with van der Waals surface area (Å²) in [6.07, 6.45) is 1.23. The van der Waals surface area contributed by atoms with Crippen LogP contribution in [0.1, 0.15) is 39.5 Å². The molecule has 0 atom stereocenters. The van der Waals surface area contributed by atoms with Crippen LogP contribution in [0.15, 0.2) is 0 Å². The molecule has 0 aromatic rings. The molecule has 0 aliphatic heterocycles. The number of rotatable bonds is 12. The number of esters is 2. The molecule has 7 nitrogen and oxygen atoms in total. The van der Waals surface area contributed by atoms with E-state index in [0.29, 0.717) is 26.1 Å². The second kappa shape index (κ2) is 12.0. The molecular weight excluding hydrogens is 280 g/mol. The van der Waals surface area contributed by atoms with Crippen LogP contribution in [0, 0.1) is 0 Å². The smallest absolute Gasteiger partial charge is 0.374 e. The van der Waals surface area contributed by atoms with Gasteiger partial charge in [-0.2, -0.15) is 0 Å². The quantitative estimate of drug-likeness (QED) is 0.299. The van der Waals surface area contributed by atoms with Gasteiger partial charge in [0.15, 0.2) is 0 Å². The summed E-state index contributed by atoms with van der Waals surface area (Å²) in [5.74, 6) is -2.71. The first kappa shape index (κ1) is 19.2. The minimum atomic E-state index is -0.815. The van der Waals surface area contributed by atoms with Crippen LogP contribution < -0.4 is 0 Å². The largest absolute Gasteiger partial charge is 0.460 e. The van der Waals surface area contributed by atoms with E-state index < -0.39 is 23.5 Å². The van der Waals surface area contributed by atoms with Crippen molar-refractivity contribution in [2.75, 3.05) is 26.4 Å². The number of carbonyl (C=O) groups is 4. The van der Waals surface area contributed by atoms with Crippen LogP contribution in [0.5, 0.6) is 0 Å². The molecule has 0 fully saturated rings. The van der Waals surface area contributed by atoms with Crippen molar-refractivity contribution >= 4 is 23.5 Å². The average Bonchev–Trinajstić information content (AvgIpc) is 2.50. The molecule has 0 aliphatic carbocycles. The number of carbonyl (C=O) groups excluding carboxylic acids is 4.